The molecule has 3 aromatic rings. The second kappa shape index (κ2) is 7.10. The Hall–Kier alpha value is -2.26. The lowest BCUT2D eigenvalue weighted by molar-refractivity contribution is -0.115. The SMILES string of the molecule is Cc1cccc(-c2nnc(NC(=O)[C@@H](C)Sc3nncn3C)s2)c1. The zero-order chi connectivity index (χ0) is 17.1. The zero-order valence-corrected chi connectivity index (χ0v) is 15.1. The Bertz CT molecular complexity index is 859. The van der Waals surface area contributed by atoms with Gasteiger partial charge in [0, 0.05) is 12.6 Å². The molecular formula is C15H16N6OS2. The van der Waals surface area contributed by atoms with Gasteiger partial charge >= 0.3 is 0 Å². The van der Waals surface area contributed by atoms with E-state index in [1.807, 2.05) is 45.2 Å². The summed E-state index contributed by atoms with van der Waals surface area (Å²) in [5.74, 6) is -0.144. The molecule has 0 radical (unpaired) electrons. The number of hydrogen-bond acceptors (Lipinski definition) is 7. The predicted octanol–water partition coefficient (Wildman–Crippen LogP) is 2.76. The van der Waals surface area contributed by atoms with Crippen molar-refractivity contribution in [3.8, 4) is 10.6 Å². The van der Waals surface area contributed by atoms with Crippen LogP contribution in [-0.2, 0) is 11.8 Å². The molecule has 2 aromatic heterocycles. The van der Waals surface area contributed by atoms with Crippen LogP contribution in [0.15, 0.2) is 35.7 Å². The number of hydrogen-bond donors (Lipinski definition) is 1. The Kier molecular flexibility index (Phi) is 4.91. The van der Waals surface area contributed by atoms with Crippen molar-refractivity contribution in [2.24, 2.45) is 7.05 Å². The van der Waals surface area contributed by atoms with Gasteiger partial charge in [0.05, 0.1) is 5.25 Å². The first-order chi connectivity index (χ1) is 11.5. The van der Waals surface area contributed by atoms with Gasteiger partial charge in [-0.2, -0.15) is 0 Å². The number of benzene rings is 1. The van der Waals surface area contributed by atoms with Gasteiger partial charge < -0.3 is 4.57 Å². The number of carbonyl (C=O) groups is 1. The first kappa shape index (κ1) is 16.6. The molecule has 0 aliphatic rings. The topological polar surface area (TPSA) is 85.6 Å². The number of carbonyl (C=O) groups excluding carboxylic acids is 1. The van der Waals surface area contributed by atoms with E-state index in [4.69, 9.17) is 0 Å². The van der Waals surface area contributed by atoms with E-state index in [-0.39, 0.29) is 11.2 Å². The molecule has 0 saturated carbocycles. The van der Waals surface area contributed by atoms with E-state index in [9.17, 15) is 4.79 Å². The van der Waals surface area contributed by atoms with E-state index in [1.54, 1.807) is 10.9 Å². The number of anilines is 1. The minimum atomic E-state index is -0.320. The van der Waals surface area contributed by atoms with Crippen molar-refractivity contribution in [3.05, 3.63) is 36.2 Å². The Balaban J connectivity index is 1.66. The number of nitrogens with one attached hydrogen (secondary N) is 1. The summed E-state index contributed by atoms with van der Waals surface area (Å²) in [7, 11) is 1.84. The summed E-state index contributed by atoms with van der Waals surface area (Å²) in [5.41, 5.74) is 2.15. The lowest BCUT2D eigenvalue weighted by atomic mass is 10.1. The minimum Gasteiger partial charge on any atom is -0.312 e. The second-order valence-electron chi connectivity index (χ2n) is 5.26. The van der Waals surface area contributed by atoms with Crippen molar-refractivity contribution >= 4 is 34.1 Å². The molecule has 124 valence electrons. The molecule has 1 amide bonds. The van der Waals surface area contributed by atoms with E-state index in [0.29, 0.717) is 10.3 Å². The van der Waals surface area contributed by atoms with Gasteiger partial charge in [0.1, 0.15) is 11.3 Å². The van der Waals surface area contributed by atoms with Gasteiger partial charge in [-0.15, -0.1) is 20.4 Å². The summed E-state index contributed by atoms with van der Waals surface area (Å²) in [6, 6.07) is 8.02. The summed E-state index contributed by atoms with van der Waals surface area (Å²) >= 11 is 2.70. The van der Waals surface area contributed by atoms with Gasteiger partial charge in [-0.25, -0.2) is 0 Å². The number of aryl methyl sites for hydroxylation is 2. The molecule has 0 bridgehead atoms. The van der Waals surface area contributed by atoms with Crippen LogP contribution < -0.4 is 5.32 Å². The van der Waals surface area contributed by atoms with Crippen LogP contribution in [0.1, 0.15) is 12.5 Å². The molecule has 1 aromatic carbocycles. The van der Waals surface area contributed by atoms with E-state index in [1.165, 1.54) is 23.1 Å². The standard InChI is InChI=1S/C15H16N6OS2/c1-9-5-4-6-11(7-9)13-18-19-14(24-13)17-12(22)10(2)23-15-20-16-8-21(15)3/h4-8,10H,1-3H3,(H,17,19,22)/t10-/m1/s1. The molecule has 0 fully saturated rings. The lowest BCUT2D eigenvalue weighted by Crippen LogP contribution is -2.22. The number of aromatic nitrogens is 5. The van der Waals surface area contributed by atoms with Gasteiger partial charge in [0.25, 0.3) is 0 Å². The molecule has 0 aliphatic carbocycles. The summed E-state index contributed by atoms with van der Waals surface area (Å²) in [6.45, 7) is 3.84. The first-order valence-electron chi connectivity index (χ1n) is 7.25. The largest absolute Gasteiger partial charge is 0.312 e. The Morgan fingerprint density at radius 2 is 2.17 bits per heavy atom. The van der Waals surface area contributed by atoms with Crippen LogP contribution in [0.25, 0.3) is 10.6 Å². The van der Waals surface area contributed by atoms with Crippen LogP contribution in [0.5, 0.6) is 0 Å². The van der Waals surface area contributed by atoms with E-state index in [0.717, 1.165) is 16.1 Å². The molecule has 7 nitrogen and oxygen atoms in total. The van der Waals surface area contributed by atoms with Crippen LogP contribution in [0.3, 0.4) is 0 Å². The highest BCUT2D eigenvalue weighted by atomic mass is 32.2. The highest BCUT2D eigenvalue weighted by Gasteiger charge is 2.19. The quantitative estimate of drug-likeness (QED) is 0.704. The number of rotatable bonds is 5. The summed E-state index contributed by atoms with van der Waals surface area (Å²) in [4.78, 5) is 12.3. The fourth-order valence-corrected chi connectivity index (χ4v) is 3.50. The van der Waals surface area contributed by atoms with E-state index < -0.39 is 0 Å². The van der Waals surface area contributed by atoms with Crippen molar-refractivity contribution in [1.29, 1.82) is 0 Å². The molecule has 0 saturated heterocycles. The van der Waals surface area contributed by atoms with Gasteiger partial charge in [-0.3, -0.25) is 10.1 Å². The third-order valence-corrected chi connectivity index (χ3v) is 5.28. The molecule has 3 rings (SSSR count). The van der Waals surface area contributed by atoms with Gasteiger partial charge in [-0.05, 0) is 19.9 Å². The van der Waals surface area contributed by atoms with Crippen molar-refractivity contribution in [1.82, 2.24) is 25.0 Å². The van der Waals surface area contributed by atoms with Crippen molar-refractivity contribution in [2.75, 3.05) is 5.32 Å². The average molecular weight is 360 g/mol. The van der Waals surface area contributed by atoms with Crippen molar-refractivity contribution in [3.63, 3.8) is 0 Å². The number of thioether (sulfide) groups is 1. The molecular weight excluding hydrogens is 344 g/mol. The number of nitrogens with zero attached hydrogens (tertiary/aromatic N) is 5. The average Bonchev–Trinajstić information content (AvgIpc) is 3.17. The Labute approximate surface area is 147 Å². The van der Waals surface area contributed by atoms with Crippen LogP contribution in [-0.4, -0.2) is 36.1 Å². The van der Waals surface area contributed by atoms with Gasteiger partial charge in [0.15, 0.2) is 5.16 Å². The molecule has 0 aliphatic heterocycles. The van der Waals surface area contributed by atoms with Crippen molar-refractivity contribution in [2.45, 2.75) is 24.3 Å². The monoisotopic (exact) mass is 360 g/mol. The van der Waals surface area contributed by atoms with Crippen LogP contribution in [0.2, 0.25) is 0 Å². The van der Waals surface area contributed by atoms with Crippen LogP contribution in [0.4, 0.5) is 5.13 Å². The van der Waals surface area contributed by atoms with Crippen LogP contribution >= 0.6 is 23.1 Å². The maximum absolute atomic E-state index is 12.3. The molecule has 24 heavy (non-hydrogen) atoms. The summed E-state index contributed by atoms with van der Waals surface area (Å²) in [5, 5.41) is 20.4. The van der Waals surface area contributed by atoms with Crippen molar-refractivity contribution < 1.29 is 4.79 Å². The first-order valence-corrected chi connectivity index (χ1v) is 8.94. The molecule has 1 atom stereocenters. The third kappa shape index (κ3) is 3.80. The molecule has 9 heteroatoms. The lowest BCUT2D eigenvalue weighted by Gasteiger charge is -2.08. The fraction of sp³-hybridized carbons (Fsp3) is 0.267. The second-order valence-corrected chi connectivity index (χ2v) is 7.54. The Morgan fingerprint density at radius 1 is 1.33 bits per heavy atom. The normalized spacial score (nSPS) is 12.1. The molecule has 0 spiro atoms. The Morgan fingerprint density at radius 3 is 2.88 bits per heavy atom. The smallest absolute Gasteiger partial charge is 0.239 e. The maximum Gasteiger partial charge on any atom is 0.239 e. The van der Waals surface area contributed by atoms with E-state index in [2.05, 4.69) is 25.7 Å². The zero-order valence-electron chi connectivity index (χ0n) is 13.4. The van der Waals surface area contributed by atoms with Crippen LogP contribution in [0, 0.1) is 6.92 Å². The molecule has 1 N–H and O–H groups in total. The molecule has 0 unspecified atom stereocenters. The fourth-order valence-electron chi connectivity index (χ4n) is 1.97. The highest BCUT2D eigenvalue weighted by molar-refractivity contribution is 8.00. The number of amides is 1. The summed E-state index contributed by atoms with van der Waals surface area (Å²) in [6.07, 6.45) is 1.60. The molecule has 2 heterocycles. The highest BCUT2D eigenvalue weighted by Crippen LogP contribution is 2.28. The summed E-state index contributed by atoms with van der Waals surface area (Å²) < 4.78 is 1.77. The van der Waals surface area contributed by atoms with Gasteiger partial charge in [-0.1, -0.05) is 46.9 Å². The predicted molar refractivity (Wildman–Crippen MR) is 95.0 cm³/mol. The maximum atomic E-state index is 12.3. The minimum absolute atomic E-state index is 0.144. The van der Waals surface area contributed by atoms with E-state index >= 15 is 0 Å². The van der Waals surface area contributed by atoms with Gasteiger partial charge in [0.2, 0.25) is 11.0 Å². The third-order valence-electron chi connectivity index (χ3n) is 3.24.